The second-order valence-corrected chi connectivity index (χ2v) is 3.71. The van der Waals surface area contributed by atoms with Crippen LogP contribution < -0.4 is 5.32 Å². The highest BCUT2D eigenvalue weighted by Crippen LogP contribution is 2.26. The molecule has 0 radical (unpaired) electrons. The maximum Gasteiger partial charge on any atom is 0.331 e. The third-order valence-electron chi connectivity index (χ3n) is 2.92. The predicted molar refractivity (Wildman–Crippen MR) is 51.5 cm³/mol. The standard InChI is InChI=1S/C10H17NO2/c1-7(8(2)10(12)13)9-3-5-11-6-4-9/h7,9,11H,2-6H2,1H3,(H,12,13). The van der Waals surface area contributed by atoms with Gasteiger partial charge in [-0.25, -0.2) is 4.79 Å². The lowest BCUT2D eigenvalue weighted by atomic mass is 9.82. The zero-order valence-corrected chi connectivity index (χ0v) is 8.05. The van der Waals surface area contributed by atoms with Crippen molar-refractivity contribution in [3.63, 3.8) is 0 Å². The zero-order valence-electron chi connectivity index (χ0n) is 8.05. The fourth-order valence-electron chi connectivity index (χ4n) is 1.82. The lowest BCUT2D eigenvalue weighted by Gasteiger charge is -2.28. The van der Waals surface area contributed by atoms with Gasteiger partial charge in [0.05, 0.1) is 0 Å². The van der Waals surface area contributed by atoms with Crippen LogP contribution in [-0.4, -0.2) is 24.2 Å². The molecular weight excluding hydrogens is 166 g/mol. The van der Waals surface area contributed by atoms with E-state index in [-0.39, 0.29) is 5.92 Å². The summed E-state index contributed by atoms with van der Waals surface area (Å²) in [7, 11) is 0. The molecule has 1 aliphatic rings. The summed E-state index contributed by atoms with van der Waals surface area (Å²) in [6, 6.07) is 0. The molecule has 1 unspecified atom stereocenters. The first-order valence-corrected chi connectivity index (χ1v) is 4.75. The Kier molecular flexibility index (Phi) is 3.48. The van der Waals surface area contributed by atoms with Crippen LogP contribution in [0.4, 0.5) is 0 Å². The molecule has 1 aliphatic heterocycles. The largest absolute Gasteiger partial charge is 0.478 e. The van der Waals surface area contributed by atoms with E-state index in [9.17, 15) is 4.79 Å². The van der Waals surface area contributed by atoms with E-state index in [4.69, 9.17) is 5.11 Å². The molecule has 0 bridgehead atoms. The molecule has 3 heteroatoms. The molecule has 0 aliphatic carbocycles. The Bertz CT molecular complexity index is 207. The van der Waals surface area contributed by atoms with Crippen LogP contribution in [0.25, 0.3) is 0 Å². The minimum atomic E-state index is -0.856. The smallest absolute Gasteiger partial charge is 0.331 e. The van der Waals surface area contributed by atoms with Crippen LogP contribution in [0.1, 0.15) is 19.8 Å². The SMILES string of the molecule is C=C(C(=O)O)C(C)C1CCNCC1. The third kappa shape index (κ3) is 2.56. The Balaban J connectivity index is 2.49. The van der Waals surface area contributed by atoms with E-state index in [0.29, 0.717) is 11.5 Å². The predicted octanol–water partition coefficient (Wildman–Crippen LogP) is 1.26. The van der Waals surface area contributed by atoms with Crippen LogP contribution in [-0.2, 0) is 4.79 Å². The van der Waals surface area contributed by atoms with Gasteiger partial charge in [-0.1, -0.05) is 13.5 Å². The molecule has 1 fully saturated rings. The summed E-state index contributed by atoms with van der Waals surface area (Å²) in [5.41, 5.74) is 0.354. The molecule has 1 atom stereocenters. The summed E-state index contributed by atoms with van der Waals surface area (Å²) < 4.78 is 0. The molecule has 1 heterocycles. The lowest BCUT2D eigenvalue weighted by Crippen LogP contribution is -2.32. The molecule has 0 spiro atoms. The van der Waals surface area contributed by atoms with Crippen LogP contribution in [0.15, 0.2) is 12.2 Å². The molecule has 1 rings (SSSR count). The summed E-state index contributed by atoms with van der Waals surface area (Å²) >= 11 is 0. The summed E-state index contributed by atoms with van der Waals surface area (Å²) in [6.07, 6.45) is 2.13. The first-order chi connectivity index (χ1) is 6.13. The second-order valence-electron chi connectivity index (χ2n) is 3.71. The van der Waals surface area contributed by atoms with Crippen molar-refractivity contribution >= 4 is 5.97 Å². The van der Waals surface area contributed by atoms with Gasteiger partial charge in [0.25, 0.3) is 0 Å². The number of aliphatic carboxylic acids is 1. The first kappa shape index (κ1) is 10.3. The van der Waals surface area contributed by atoms with E-state index < -0.39 is 5.97 Å². The van der Waals surface area contributed by atoms with Crippen LogP contribution >= 0.6 is 0 Å². The lowest BCUT2D eigenvalue weighted by molar-refractivity contribution is -0.133. The number of carbonyl (C=O) groups is 1. The zero-order chi connectivity index (χ0) is 9.84. The fourth-order valence-corrected chi connectivity index (χ4v) is 1.82. The van der Waals surface area contributed by atoms with Crippen molar-refractivity contribution in [2.45, 2.75) is 19.8 Å². The minimum absolute atomic E-state index is 0.111. The van der Waals surface area contributed by atoms with Crippen molar-refractivity contribution in [3.05, 3.63) is 12.2 Å². The normalized spacial score (nSPS) is 21.0. The monoisotopic (exact) mass is 183 g/mol. The van der Waals surface area contributed by atoms with E-state index in [1.807, 2.05) is 6.92 Å². The van der Waals surface area contributed by atoms with Gasteiger partial charge in [0.2, 0.25) is 0 Å². The molecule has 3 nitrogen and oxygen atoms in total. The topological polar surface area (TPSA) is 49.3 Å². The second kappa shape index (κ2) is 4.42. The van der Waals surface area contributed by atoms with Gasteiger partial charge in [-0.3, -0.25) is 0 Å². The Hall–Kier alpha value is -0.830. The molecule has 74 valence electrons. The molecule has 0 aromatic rings. The van der Waals surface area contributed by atoms with E-state index in [0.717, 1.165) is 25.9 Å². The number of hydrogen-bond acceptors (Lipinski definition) is 2. The summed E-state index contributed by atoms with van der Waals surface area (Å²) in [5.74, 6) is -0.254. The van der Waals surface area contributed by atoms with Crippen LogP contribution in [0, 0.1) is 11.8 Å². The molecule has 0 aromatic carbocycles. The maximum atomic E-state index is 10.7. The summed E-state index contributed by atoms with van der Waals surface area (Å²) in [5, 5.41) is 12.0. The number of rotatable bonds is 3. The minimum Gasteiger partial charge on any atom is -0.478 e. The molecule has 1 saturated heterocycles. The number of nitrogens with one attached hydrogen (secondary N) is 1. The number of hydrogen-bond donors (Lipinski definition) is 2. The van der Waals surface area contributed by atoms with Crippen molar-refractivity contribution in [2.24, 2.45) is 11.8 Å². The average Bonchev–Trinajstić information content (AvgIpc) is 2.17. The molecule has 0 amide bonds. The van der Waals surface area contributed by atoms with Gasteiger partial charge in [0.1, 0.15) is 0 Å². The highest BCUT2D eigenvalue weighted by Gasteiger charge is 2.24. The van der Waals surface area contributed by atoms with E-state index in [2.05, 4.69) is 11.9 Å². The van der Waals surface area contributed by atoms with Gasteiger partial charge in [-0.05, 0) is 37.8 Å². The fraction of sp³-hybridized carbons (Fsp3) is 0.700. The maximum absolute atomic E-state index is 10.7. The first-order valence-electron chi connectivity index (χ1n) is 4.75. The summed E-state index contributed by atoms with van der Waals surface area (Å²) in [4.78, 5) is 10.7. The van der Waals surface area contributed by atoms with Gasteiger partial charge < -0.3 is 10.4 Å². The van der Waals surface area contributed by atoms with Gasteiger partial charge in [-0.15, -0.1) is 0 Å². The average molecular weight is 183 g/mol. The number of piperidine rings is 1. The Morgan fingerprint density at radius 1 is 1.54 bits per heavy atom. The van der Waals surface area contributed by atoms with Crippen LogP contribution in [0.2, 0.25) is 0 Å². The quantitative estimate of drug-likeness (QED) is 0.648. The van der Waals surface area contributed by atoms with E-state index >= 15 is 0 Å². The van der Waals surface area contributed by atoms with Crippen molar-refractivity contribution in [1.82, 2.24) is 5.32 Å². The van der Waals surface area contributed by atoms with Gasteiger partial charge in [0.15, 0.2) is 0 Å². The molecule has 0 saturated carbocycles. The molecule has 13 heavy (non-hydrogen) atoms. The molecule has 0 aromatic heterocycles. The van der Waals surface area contributed by atoms with E-state index in [1.54, 1.807) is 0 Å². The third-order valence-corrected chi connectivity index (χ3v) is 2.92. The van der Waals surface area contributed by atoms with E-state index in [1.165, 1.54) is 0 Å². The number of carboxylic acid groups (broad SMARTS) is 1. The highest BCUT2D eigenvalue weighted by atomic mass is 16.4. The van der Waals surface area contributed by atoms with Crippen molar-refractivity contribution in [3.8, 4) is 0 Å². The molecule has 2 N–H and O–H groups in total. The van der Waals surface area contributed by atoms with Crippen LogP contribution in [0.5, 0.6) is 0 Å². The Labute approximate surface area is 78.8 Å². The van der Waals surface area contributed by atoms with Gasteiger partial charge >= 0.3 is 5.97 Å². The van der Waals surface area contributed by atoms with Gasteiger partial charge in [-0.2, -0.15) is 0 Å². The number of carboxylic acids is 1. The Morgan fingerprint density at radius 3 is 2.54 bits per heavy atom. The van der Waals surface area contributed by atoms with Crippen molar-refractivity contribution in [1.29, 1.82) is 0 Å². The molecular formula is C10H17NO2. The van der Waals surface area contributed by atoms with Gasteiger partial charge in [0, 0.05) is 5.57 Å². The van der Waals surface area contributed by atoms with Crippen molar-refractivity contribution in [2.75, 3.05) is 13.1 Å². The van der Waals surface area contributed by atoms with Crippen molar-refractivity contribution < 1.29 is 9.90 Å². The highest BCUT2D eigenvalue weighted by molar-refractivity contribution is 5.86. The Morgan fingerprint density at radius 2 is 2.08 bits per heavy atom. The van der Waals surface area contributed by atoms with Crippen LogP contribution in [0.3, 0.4) is 0 Å². The summed E-state index contributed by atoms with van der Waals surface area (Å²) in [6.45, 7) is 7.58.